The minimum Gasteiger partial charge on any atom is -0.455 e. The molecule has 5 aromatic rings. The molecule has 34 heavy (non-hydrogen) atoms. The van der Waals surface area contributed by atoms with Crippen molar-refractivity contribution in [2.75, 3.05) is 0 Å². The lowest BCUT2D eigenvalue weighted by Gasteiger charge is -2.36. The lowest BCUT2D eigenvalue weighted by atomic mass is 9.67. The minimum atomic E-state index is -0.0222. The molecule has 0 spiro atoms. The van der Waals surface area contributed by atoms with E-state index in [1.54, 1.807) is 0 Å². The highest BCUT2D eigenvalue weighted by molar-refractivity contribution is 6.14. The summed E-state index contributed by atoms with van der Waals surface area (Å²) in [6, 6.07) is 26.1. The molecule has 2 heterocycles. The standard InChI is InChI=1S/C32H31NO/c1-20(2)18-32(19-21(3)4)26-13-6-5-10-22(26)23-15-16-28-29(30(23)32)25-12-9-11-24(31(25)34-28)27-14-7-8-17-33-27/h5-17,20-21H,18-19H2,1-4H3. The van der Waals surface area contributed by atoms with Crippen LogP contribution in [0.4, 0.5) is 0 Å². The van der Waals surface area contributed by atoms with Gasteiger partial charge in [0, 0.05) is 27.9 Å². The van der Waals surface area contributed by atoms with Crippen LogP contribution in [0.3, 0.4) is 0 Å². The molecule has 0 unspecified atom stereocenters. The molecule has 6 rings (SSSR count). The van der Waals surface area contributed by atoms with E-state index < -0.39 is 0 Å². The van der Waals surface area contributed by atoms with E-state index in [2.05, 4.69) is 93.3 Å². The van der Waals surface area contributed by atoms with Gasteiger partial charge >= 0.3 is 0 Å². The van der Waals surface area contributed by atoms with Crippen molar-refractivity contribution in [1.82, 2.24) is 4.98 Å². The Morgan fingerprint density at radius 2 is 1.47 bits per heavy atom. The van der Waals surface area contributed by atoms with Crippen LogP contribution < -0.4 is 0 Å². The fraction of sp³-hybridized carbons (Fsp3) is 0.281. The molecule has 0 aliphatic heterocycles. The Balaban J connectivity index is 1.74. The summed E-state index contributed by atoms with van der Waals surface area (Å²) in [5.41, 5.74) is 9.59. The van der Waals surface area contributed by atoms with Crippen LogP contribution in [-0.2, 0) is 5.41 Å². The molecule has 3 aromatic carbocycles. The van der Waals surface area contributed by atoms with Crippen molar-refractivity contribution in [2.24, 2.45) is 11.8 Å². The quantitative estimate of drug-likeness (QED) is 0.270. The molecule has 2 heteroatoms. The largest absolute Gasteiger partial charge is 0.455 e. The molecule has 0 atom stereocenters. The molecule has 0 fully saturated rings. The van der Waals surface area contributed by atoms with Gasteiger partial charge in [-0.2, -0.15) is 0 Å². The number of furan rings is 1. The smallest absolute Gasteiger partial charge is 0.144 e. The summed E-state index contributed by atoms with van der Waals surface area (Å²) in [6.07, 6.45) is 4.10. The average molecular weight is 446 g/mol. The van der Waals surface area contributed by atoms with E-state index in [0.717, 1.165) is 35.3 Å². The zero-order chi connectivity index (χ0) is 23.4. The molecular weight excluding hydrogens is 414 g/mol. The van der Waals surface area contributed by atoms with Crippen LogP contribution >= 0.6 is 0 Å². The number of hydrogen-bond donors (Lipinski definition) is 0. The van der Waals surface area contributed by atoms with E-state index in [9.17, 15) is 0 Å². The maximum atomic E-state index is 6.63. The molecule has 0 radical (unpaired) electrons. The molecule has 2 aromatic heterocycles. The number of pyridine rings is 1. The Labute approximate surface area is 201 Å². The molecule has 0 saturated heterocycles. The first-order valence-corrected chi connectivity index (χ1v) is 12.5. The second kappa shape index (κ2) is 7.84. The fourth-order valence-electron chi connectivity index (χ4n) is 6.51. The summed E-state index contributed by atoms with van der Waals surface area (Å²) in [7, 11) is 0. The topological polar surface area (TPSA) is 26.0 Å². The van der Waals surface area contributed by atoms with Crippen LogP contribution in [0.25, 0.3) is 44.3 Å². The van der Waals surface area contributed by atoms with E-state index in [4.69, 9.17) is 4.42 Å². The lowest BCUT2D eigenvalue weighted by molar-refractivity contribution is 0.339. The van der Waals surface area contributed by atoms with Gasteiger partial charge in [-0.05, 0) is 71.2 Å². The van der Waals surface area contributed by atoms with Crippen LogP contribution in [0.2, 0.25) is 0 Å². The van der Waals surface area contributed by atoms with Gasteiger partial charge in [-0.3, -0.25) is 4.98 Å². The van der Waals surface area contributed by atoms with Crippen molar-refractivity contribution in [2.45, 2.75) is 46.0 Å². The van der Waals surface area contributed by atoms with Gasteiger partial charge in [0.25, 0.3) is 0 Å². The number of hydrogen-bond acceptors (Lipinski definition) is 2. The Morgan fingerprint density at radius 3 is 2.21 bits per heavy atom. The number of nitrogens with zero attached hydrogens (tertiary/aromatic N) is 1. The molecule has 2 nitrogen and oxygen atoms in total. The molecule has 1 aliphatic carbocycles. The van der Waals surface area contributed by atoms with E-state index in [-0.39, 0.29) is 5.41 Å². The van der Waals surface area contributed by atoms with Crippen molar-refractivity contribution in [1.29, 1.82) is 0 Å². The first-order chi connectivity index (χ1) is 16.5. The van der Waals surface area contributed by atoms with Gasteiger partial charge in [-0.25, -0.2) is 0 Å². The minimum absolute atomic E-state index is 0.0222. The van der Waals surface area contributed by atoms with Crippen molar-refractivity contribution >= 4 is 21.9 Å². The Morgan fingerprint density at radius 1 is 0.735 bits per heavy atom. The average Bonchev–Trinajstić information content (AvgIpc) is 3.33. The normalized spacial score (nSPS) is 14.3. The van der Waals surface area contributed by atoms with Crippen molar-refractivity contribution in [3.63, 3.8) is 0 Å². The highest BCUT2D eigenvalue weighted by atomic mass is 16.3. The highest BCUT2D eigenvalue weighted by Gasteiger charge is 2.45. The third kappa shape index (κ3) is 3.05. The number of para-hydroxylation sites is 1. The summed E-state index contributed by atoms with van der Waals surface area (Å²) in [5.74, 6) is 1.16. The predicted octanol–water partition coefficient (Wildman–Crippen LogP) is 9.01. The van der Waals surface area contributed by atoms with Gasteiger partial charge in [0.1, 0.15) is 11.2 Å². The maximum absolute atomic E-state index is 6.63. The summed E-state index contributed by atoms with van der Waals surface area (Å²) in [4.78, 5) is 4.62. The Hall–Kier alpha value is -3.39. The van der Waals surface area contributed by atoms with Crippen LogP contribution in [0.1, 0.15) is 51.7 Å². The molecular formula is C32H31NO. The van der Waals surface area contributed by atoms with E-state index in [0.29, 0.717) is 11.8 Å². The molecule has 170 valence electrons. The summed E-state index contributed by atoms with van der Waals surface area (Å²) >= 11 is 0. The van der Waals surface area contributed by atoms with Gasteiger partial charge in [-0.1, -0.05) is 76.2 Å². The van der Waals surface area contributed by atoms with Gasteiger partial charge in [0.05, 0.1) is 5.69 Å². The van der Waals surface area contributed by atoms with Crippen LogP contribution in [-0.4, -0.2) is 4.98 Å². The second-order valence-corrected chi connectivity index (χ2v) is 10.7. The van der Waals surface area contributed by atoms with Crippen LogP contribution in [0.5, 0.6) is 0 Å². The number of benzene rings is 3. The number of fused-ring (bicyclic) bond motifs is 7. The van der Waals surface area contributed by atoms with Gasteiger partial charge in [-0.15, -0.1) is 0 Å². The van der Waals surface area contributed by atoms with Gasteiger partial charge in [0.15, 0.2) is 0 Å². The lowest BCUT2D eigenvalue weighted by Crippen LogP contribution is -2.29. The summed E-state index contributed by atoms with van der Waals surface area (Å²) in [5, 5.41) is 2.47. The highest BCUT2D eigenvalue weighted by Crippen LogP contribution is 2.58. The van der Waals surface area contributed by atoms with Crippen molar-refractivity contribution < 1.29 is 4.42 Å². The van der Waals surface area contributed by atoms with Crippen molar-refractivity contribution in [3.05, 3.63) is 90.1 Å². The van der Waals surface area contributed by atoms with E-state index in [1.807, 2.05) is 18.3 Å². The van der Waals surface area contributed by atoms with Gasteiger partial charge < -0.3 is 4.42 Å². The number of aromatic nitrogens is 1. The summed E-state index contributed by atoms with van der Waals surface area (Å²) < 4.78 is 6.63. The predicted molar refractivity (Wildman–Crippen MR) is 142 cm³/mol. The van der Waals surface area contributed by atoms with E-state index >= 15 is 0 Å². The van der Waals surface area contributed by atoms with E-state index in [1.165, 1.54) is 33.0 Å². The Bertz CT molecular complexity index is 1500. The first-order valence-electron chi connectivity index (χ1n) is 12.5. The zero-order valence-corrected chi connectivity index (χ0v) is 20.4. The van der Waals surface area contributed by atoms with Gasteiger partial charge in [0.2, 0.25) is 0 Å². The Kier molecular flexibility index (Phi) is 4.88. The zero-order valence-electron chi connectivity index (χ0n) is 20.4. The first kappa shape index (κ1) is 21.2. The summed E-state index contributed by atoms with van der Waals surface area (Å²) in [6.45, 7) is 9.43. The third-order valence-electron chi connectivity index (χ3n) is 7.33. The fourth-order valence-corrected chi connectivity index (χ4v) is 6.51. The van der Waals surface area contributed by atoms with Crippen LogP contribution in [0, 0.1) is 11.8 Å². The molecule has 1 aliphatic rings. The third-order valence-corrected chi connectivity index (χ3v) is 7.33. The van der Waals surface area contributed by atoms with Crippen molar-refractivity contribution in [3.8, 4) is 22.4 Å². The monoisotopic (exact) mass is 445 g/mol. The second-order valence-electron chi connectivity index (χ2n) is 10.7. The molecule has 0 bridgehead atoms. The molecule has 0 amide bonds. The molecule has 0 N–H and O–H groups in total. The number of rotatable bonds is 5. The SMILES string of the molecule is CC(C)CC1(CC(C)C)c2ccccc2-c2ccc3oc4c(-c5ccccn5)cccc4c3c21. The maximum Gasteiger partial charge on any atom is 0.144 e. The molecule has 0 saturated carbocycles. The van der Waals surface area contributed by atoms with Crippen LogP contribution in [0.15, 0.2) is 83.4 Å².